The molecule has 1 heterocycles. The maximum atomic E-state index is 4.18. The summed E-state index contributed by atoms with van der Waals surface area (Å²) in [5, 5.41) is 1.62. The van der Waals surface area contributed by atoms with Crippen LogP contribution in [-0.4, -0.2) is 15.2 Å². The van der Waals surface area contributed by atoms with E-state index in [-0.39, 0.29) is 0 Å². The van der Waals surface area contributed by atoms with Gasteiger partial charge in [0, 0.05) is 17.6 Å². The number of allylic oxidation sites excluding steroid dienone is 1. The minimum atomic E-state index is 0.723. The van der Waals surface area contributed by atoms with Gasteiger partial charge in [-0.25, -0.2) is 9.97 Å². The molecule has 2 nitrogen and oxygen atoms in total. The molecule has 0 radical (unpaired) electrons. The number of nitrogens with zero attached hydrogens (tertiary/aromatic N) is 2. The van der Waals surface area contributed by atoms with E-state index in [4.69, 9.17) is 0 Å². The van der Waals surface area contributed by atoms with Crippen molar-refractivity contribution in [2.45, 2.75) is 23.2 Å². The molecule has 1 aromatic rings. The molecule has 0 amide bonds. The summed E-state index contributed by atoms with van der Waals surface area (Å²) in [7, 11) is 0. The third kappa shape index (κ3) is 2.31. The summed E-state index contributed by atoms with van der Waals surface area (Å²) >= 11 is 1.79. The Kier molecular flexibility index (Phi) is 2.64. The molecule has 1 aromatic heterocycles. The van der Waals surface area contributed by atoms with Gasteiger partial charge in [-0.1, -0.05) is 17.8 Å². The Morgan fingerprint density at radius 3 is 3.00 bits per heavy atom. The molecule has 2 rings (SSSR count). The fourth-order valence-corrected chi connectivity index (χ4v) is 2.47. The van der Waals surface area contributed by atoms with E-state index in [1.807, 2.05) is 12.1 Å². The minimum Gasteiger partial charge on any atom is -0.231 e. The van der Waals surface area contributed by atoms with E-state index in [0.29, 0.717) is 0 Å². The van der Waals surface area contributed by atoms with Crippen molar-refractivity contribution in [3.63, 3.8) is 0 Å². The van der Waals surface area contributed by atoms with Crippen molar-refractivity contribution in [1.82, 2.24) is 9.97 Å². The highest BCUT2D eigenvalue weighted by Gasteiger charge is 2.37. The van der Waals surface area contributed by atoms with Crippen LogP contribution in [0.4, 0.5) is 0 Å². The van der Waals surface area contributed by atoms with Gasteiger partial charge in [0.2, 0.25) is 0 Å². The highest BCUT2D eigenvalue weighted by Crippen LogP contribution is 2.45. The first-order chi connectivity index (χ1) is 6.40. The second-order valence-corrected chi connectivity index (χ2v) is 4.41. The second-order valence-electron chi connectivity index (χ2n) is 3.21. The van der Waals surface area contributed by atoms with E-state index in [1.165, 1.54) is 6.42 Å². The zero-order valence-corrected chi connectivity index (χ0v) is 8.20. The van der Waals surface area contributed by atoms with Crippen LogP contribution in [0.1, 0.15) is 12.8 Å². The Morgan fingerprint density at radius 2 is 2.31 bits per heavy atom. The van der Waals surface area contributed by atoms with Crippen LogP contribution >= 0.6 is 11.8 Å². The molecule has 3 heteroatoms. The fourth-order valence-electron chi connectivity index (χ4n) is 1.31. The Balaban J connectivity index is 1.84. The van der Waals surface area contributed by atoms with Crippen molar-refractivity contribution in [3.8, 4) is 0 Å². The molecule has 2 unspecified atom stereocenters. The number of aromatic nitrogens is 2. The van der Waals surface area contributed by atoms with Crippen molar-refractivity contribution in [2.75, 3.05) is 0 Å². The smallest absolute Gasteiger partial charge is 0.187 e. The molecule has 1 aliphatic carbocycles. The van der Waals surface area contributed by atoms with E-state index >= 15 is 0 Å². The number of rotatable bonds is 4. The lowest BCUT2D eigenvalue weighted by atomic mass is 10.3. The Hall–Kier alpha value is -0.830. The molecule has 0 N–H and O–H groups in total. The zero-order valence-electron chi connectivity index (χ0n) is 7.39. The molecule has 0 aromatic carbocycles. The Bertz CT molecular complexity index is 286. The lowest BCUT2D eigenvalue weighted by Crippen LogP contribution is -1.87. The molecule has 1 aliphatic rings. The predicted octanol–water partition coefficient (Wildman–Crippen LogP) is 2.53. The van der Waals surface area contributed by atoms with Gasteiger partial charge >= 0.3 is 0 Å². The molecule has 0 bridgehead atoms. The molecule has 68 valence electrons. The van der Waals surface area contributed by atoms with Gasteiger partial charge in [-0.05, 0) is 24.8 Å². The normalized spacial score (nSPS) is 25.5. The molecule has 1 saturated carbocycles. The highest BCUT2D eigenvalue weighted by atomic mass is 32.2. The summed E-state index contributed by atoms with van der Waals surface area (Å²) in [4.78, 5) is 8.36. The number of hydrogen-bond donors (Lipinski definition) is 0. The maximum Gasteiger partial charge on any atom is 0.187 e. The molecule has 0 spiro atoms. The maximum absolute atomic E-state index is 4.18. The van der Waals surface area contributed by atoms with Gasteiger partial charge in [-0.3, -0.25) is 0 Å². The van der Waals surface area contributed by atoms with E-state index in [0.717, 1.165) is 22.7 Å². The topological polar surface area (TPSA) is 25.8 Å². The summed E-state index contributed by atoms with van der Waals surface area (Å²) in [5.74, 6) is 0.811. The number of thioether (sulfide) groups is 1. The van der Waals surface area contributed by atoms with Crippen LogP contribution in [0.5, 0.6) is 0 Å². The van der Waals surface area contributed by atoms with Crippen molar-refractivity contribution in [2.24, 2.45) is 5.92 Å². The van der Waals surface area contributed by atoms with E-state index in [1.54, 1.807) is 24.2 Å². The van der Waals surface area contributed by atoms with Crippen LogP contribution in [0.3, 0.4) is 0 Å². The van der Waals surface area contributed by atoms with Crippen LogP contribution in [0.2, 0.25) is 0 Å². The summed E-state index contributed by atoms with van der Waals surface area (Å²) in [6.45, 7) is 3.74. The first kappa shape index (κ1) is 8.75. The molecule has 2 atom stereocenters. The van der Waals surface area contributed by atoms with E-state index < -0.39 is 0 Å². The van der Waals surface area contributed by atoms with E-state index in [2.05, 4.69) is 16.5 Å². The van der Waals surface area contributed by atoms with E-state index in [9.17, 15) is 0 Å². The first-order valence-corrected chi connectivity index (χ1v) is 5.32. The molecule has 0 saturated heterocycles. The van der Waals surface area contributed by atoms with Gasteiger partial charge in [-0.15, -0.1) is 6.58 Å². The monoisotopic (exact) mass is 192 g/mol. The lowest BCUT2D eigenvalue weighted by molar-refractivity contribution is 0.865. The predicted molar refractivity (Wildman–Crippen MR) is 54.6 cm³/mol. The molecular formula is C10H12N2S. The fraction of sp³-hybridized carbons (Fsp3) is 0.400. The van der Waals surface area contributed by atoms with Crippen LogP contribution in [0.15, 0.2) is 36.3 Å². The minimum absolute atomic E-state index is 0.723. The van der Waals surface area contributed by atoms with Gasteiger partial charge in [0.25, 0.3) is 0 Å². The zero-order chi connectivity index (χ0) is 9.10. The third-order valence-electron chi connectivity index (χ3n) is 2.13. The van der Waals surface area contributed by atoms with Gasteiger partial charge in [0.15, 0.2) is 5.16 Å². The van der Waals surface area contributed by atoms with Gasteiger partial charge in [-0.2, -0.15) is 0 Å². The summed E-state index contributed by atoms with van der Waals surface area (Å²) in [5.41, 5.74) is 0. The van der Waals surface area contributed by atoms with Gasteiger partial charge < -0.3 is 0 Å². The summed E-state index contributed by atoms with van der Waals surface area (Å²) in [6, 6.07) is 1.85. The Labute approximate surface area is 82.5 Å². The van der Waals surface area contributed by atoms with Crippen molar-refractivity contribution < 1.29 is 0 Å². The first-order valence-electron chi connectivity index (χ1n) is 4.44. The standard InChI is InChI=1S/C10H12N2S/c1-2-4-8-7-9(8)13-10-11-5-3-6-12-10/h2-3,5-6,8-9H,1,4,7H2. The third-order valence-corrected chi connectivity index (χ3v) is 3.43. The molecule has 13 heavy (non-hydrogen) atoms. The second kappa shape index (κ2) is 3.92. The SMILES string of the molecule is C=CCC1CC1Sc1ncccn1. The average Bonchev–Trinajstić information content (AvgIpc) is 2.86. The van der Waals surface area contributed by atoms with Crippen molar-refractivity contribution >= 4 is 11.8 Å². The quantitative estimate of drug-likeness (QED) is 0.541. The van der Waals surface area contributed by atoms with Crippen LogP contribution in [-0.2, 0) is 0 Å². The van der Waals surface area contributed by atoms with Gasteiger partial charge in [0.05, 0.1) is 0 Å². The Morgan fingerprint density at radius 1 is 1.54 bits per heavy atom. The summed E-state index contributed by atoms with van der Waals surface area (Å²) < 4.78 is 0. The van der Waals surface area contributed by atoms with Crippen LogP contribution in [0.25, 0.3) is 0 Å². The largest absolute Gasteiger partial charge is 0.231 e. The molecular weight excluding hydrogens is 180 g/mol. The van der Waals surface area contributed by atoms with Crippen LogP contribution in [0, 0.1) is 5.92 Å². The van der Waals surface area contributed by atoms with Crippen molar-refractivity contribution in [1.29, 1.82) is 0 Å². The molecule has 1 fully saturated rings. The average molecular weight is 192 g/mol. The van der Waals surface area contributed by atoms with Gasteiger partial charge in [0.1, 0.15) is 0 Å². The molecule has 0 aliphatic heterocycles. The van der Waals surface area contributed by atoms with Crippen molar-refractivity contribution in [3.05, 3.63) is 31.1 Å². The van der Waals surface area contributed by atoms with Crippen LogP contribution < -0.4 is 0 Å². The number of hydrogen-bond acceptors (Lipinski definition) is 3. The summed E-state index contributed by atoms with van der Waals surface area (Å²) in [6.07, 6.45) is 8.00. The highest BCUT2D eigenvalue weighted by molar-refractivity contribution is 8.00. The lowest BCUT2D eigenvalue weighted by Gasteiger charge is -1.96.